The second kappa shape index (κ2) is 10.8. The van der Waals surface area contributed by atoms with Crippen molar-refractivity contribution in [1.82, 2.24) is 0 Å². The highest BCUT2D eigenvalue weighted by Crippen LogP contribution is 2.15. The third-order valence-electron chi connectivity index (χ3n) is 3.67. The molecule has 0 saturated heterocycles. The van der Waals surface area contributed by atoms with Gasteiger partial charge in [-0.3, -0.25) is 9.59 Å². The second-order valence-electron chi connectivity index (χ2n) is 5.43. The fraction of sp³-hybridized carbons (Fsp3) is 0.556. The first-order valence-corrected chi connectivity index (χ1v) is 8.08. The molecule has 0 aliphatic rings. The lowest BCUT2D eigenvalue weighted by Gasteiger charge is -2.10. The van der Waals surface area contributed by atoms with E-state index in [4.69, 9.17) is 9.84 Å². The van der Waals surface area contributed by atoms with Gasteiger partial charge < -0.3 is 9.84 Å². The molecule has 0 saturated carbocycles. The number of hydrogen-bond donors (Lipinski definition) is 1. The molecular weight excluding hydrogens is 280 g/mol. The summed E-state index contributed by atoms with van der Waals surface area (Å²) in [4.78, 5) is 22.5. The molecule has 4 heteroatoms. The number of carbonyl (C=O) groups is 2. The molecule has 1 aromatic rings. The molecule has 1 unspecified atom stereocenters. The lowest BCUT2D eigenvalue weighted by Crippen LogP contribution is -2.25. The summed E-state index contributed by atoms with van der Waals surface area (Å²) in [5.74, 6) is -2.70. The van der Waals surface area contributed by atoms with Crippen molar-refractivity contribution in [2.75, 3.05) is 6.61 Å². The third-order valence-corrected chi connectivity index (χ3v) is 3.67. The number of unbranched alkanes of at least 4 members (excludes halogenated alkanes) is 4. The number of ether oxygens (including phenoxy) is 1. The van der Waals surface area contributed by atoms with Crippen LogP contribution in [0.5, 0.6) is 0 Å². The van der Waals surface area contributed by atoms with Gasteiger partial charge in [0.15, 0.2) is 5.92 Å². The average Bonchev–Trinajstić information content (AvgIpc) is 2.50. The Morgan fingerprint density at radius 2 is 1.68 bits per heavy atom. The van der Waals surface area contributed by atoms with Gasteiger partial charge in [0.1, 0.15) is 0 Å². The Hall–Kier alpha value is -1.84. The Labute approximate surface area is 132 Å². The van der Waals surface area contributed by atoms with Crippen LogP contribution >= 0.6 is 0 Å². The van der Waals surface area contributed by atoms with Crippen LogP contribution in [0.1, 0.15) is 51.0 Å². The standard InChI is InChI=1S/C18H26O4/c1-2-22-18(21)16(17(19)20)14-10-5-3-4-7-11-15-12-8-6-9-13-15/h6,8-9,12-13,16H,2-5,7,10-11,14H2,1H3,(H,19,20). The number of hydrogen-bond acceptors (Lipinski definition) is 3. The zero-order chi connectivity index (χ0) is 16.2. The van der Waals surface area contributed by atoms with Gasteiger partial charge in [0.05, 0.1) is 6.61 Å². The molecular formula is C18H26O4. The molecule has 22 heavy (non-hydrogen) atoms. The van der Waals surface area contributed by atoms with E-state index < -0.39 is 17.9 Å². The van der Waals surface area contributed by atoms with Crippen molar-refractivity contribution in [2.45, 2.75) is 51.9 Å². The van der Waals surface area contributed by atoms with Gasteiger partial charge in [0.2, 0.25) is 0 Å². The molecule has 122 valence electrons. The molecule has 1 aromatic carbocycles. The number of carbonyl (C=O) groups excluding carboxylic acids is 1. The quantitative estimate of drug-likeness (QED) is 0.383. The molecule has 1 rings (SSSR count). The number of carboxylic acids is 1. The molecule has 0 fully saturated rings. The van der Waals surface area contributed by atoms with Crippen LogP contribution in [0.2, 0.25) is 0 Å². The van der Waals surface area contributed by atoms with E-state index in [1.165, 1.54) is 5.56 Å². The van der Waals surface area contributed by atoms with E-state index in [-0.39, 0.29) is 6.61 Å². The summed E-state index contributed by atoms with van der Waals surface area (Å²) in [6.07, 6.45) is 6.51. The molecule has 1 N–H and O–H groups in total. The van der Waals surface area contributed by atoms with Crippen LogP contribution in [-0.4, -0.2) is 23.7 Å². The van der Waals surface area contributed by atoms with Gasteiger partial charge in [-0.05, 0) is 31.7 Å². The Bertz CT molecular complexity index is 442. The van der Waals surface area contributed by atoms with E-state index in [1.807, 2.05) is 6.07 Å². The van der Waals surface area contributed by atoms with E-state index in [2.05, 4.69) is 24.3 Å². The number of rotatable bonds is 11. The maximum atomic E-state index is 11.5. The fourth-order valence-electron chi connectivity index (χ4n) is 2.44. The first kappa shape index (κ1) is 18.2. The number of aryl methyl sites for hydroxylation is 1. The first-order chi connectivity index (χ1) is 10.6. The van der Waals surface area contributed by atoms with E-state index in [9.17, 15) is 9.59 Å². The minimum absolute atomic E-state index is 0.224. The average molecular weight is 306 g/mol. The summed E-state index contributed by atoms with van der Waals surface area (Å²) in [5.41, 5.74) is 1.36. The first-order valence-electron chi connectivity index (χ1n) is 8.08. The molecule has 0 bridgehead atoms. The third kappa shape index (κ3) is 7.25. The van der Waals surface area contributed by atoms with Crippen molar-refractivity contribution in [3.8, 4) is 0 Å². The Morgan fingerprint density at radius 3 is 2.32 bits per heavy atom. The van der Waals surface area contributed by atoms with Gasteiger partial charge in [0, 0.05) is 0 Å². The van der Waals surface area contributed by atoms with Gasteiger partial charge in [-0.2, -0.15) is 0 Å². The van der Waals surface area contributed by atoms with Gasteiger partial charge in [0.25, 0.3) is 0 Å². The van der Waals surface area contributed by atoms with E-state index in [0.717, 1.165) is 38.5 Å². The number of benzene rings is 1. The summed E-state index contributed by atoms with van der Waals surface area (Å²) in [7, 11) is 0. The molecule has 0 aromatic heterocycles. The highest BCUT2D eigenvalue weighted by atomic mass is 16.5. The largest absolute Gasteiger partial charge is 0.481 e. The monoisotopic (exact) mass is 306 g/mol. The summed E-state index contributed by atoms with van der Waals surface area (Å²) in [6.45, 7) is 1.91. The van der Waals surface area contributed by atoms with Gasteiger partial charge in [-0.15, -0.1) is 0 Å². The molecule has 0 aliphatic carbocycles. The number of aliphatic carboxylic acids is 1. The molecule has 0 amide bonds. The zero-order valence-corrected chi connectivity index (χ0v) is 13.3. The fourth-order valence-corrected chi connectivity index (χ4v) is 2.44. The topological polar surface area (TPSA) is 63.6 Å². The van der Waals surface area contributed by atoms with Crippen molar-refractivity contribution in [2.24, 2.45) is 5.92 Å². The van der Waals surface area contributed by atoms with Gasteiger partial charge >= 0.3 is 11.9 Å². The minimum atomic E-state index is -1.08. The maximum absolute atomic E-state index is 11.5. The predicted molar refractivity (Wildman–Crippen MR) is 85.6 cm³/mol. The van der Waals surface area contributed by atoms with Crippen LogP contribution in [0.4, 0.5) is 0 Å². The zero-order valence-electron chi connectivity index (χ0n) is 13.3. The Balaban J connectivity index is 2.10. The molecule has 0 radical (unpaired) electrons. The van der Waals surface area contributed by atoms with E-state index in [1.54, 1.807) is 6.92 Å². The summed E-state index contributed by atoms with van der Waals surface area (Å²) in [6, 6.07) is 10.4. The van der Waals surface area contributed by atoms with Crippen LogP contribution in [0, 0.1) is 5.92 Å². The lowest BCUT2D eigenvalue weighted by molar-refractivity contribution is -0.158. The van der Waals surface area contributed by atoms with Crippen LogP contribution < -0.4 is 0 Å². The highest BCUT2D eigenvalue weighted by molar-refractivity contribution is 5.93. The van der Waals surface area contributed by atoms with Crippen molar-refractivity contribution in [3.63, 3.8) is 0 Å². The predicted octanol–water partition coefficient (Wildman–Crippen LogP) is 3.83. The van der Waals surface area contributed by atoms with E-state index in [0.29, 0.717) is 6.42 Å². The van der Waals surface area contributed by atoms with Gasteiger partial charge in [-0.25, -0.2) is 0 Å². The maximum Gasteiger partial charge on any atom is 0.320 e. The molecule has 0 spiro atoms. The normalized spacial score (nSPS) is 11.9. The van der Waals surface area contributed by atoms with Crippen LogP contribution in [0.25, 0.3) is 0 Å². The SMILES string of the molecule is CCOC(=O)C(CCCCCCCc1ccccc1)C(=O)O. The van der Waals surface area contributed by atoms with Gasteiger partial charge in [-0.1, -0.05) is 56.0 Å². The van der Waals surface area contributed by atoms with Crippen molar-refractivity contribution in [1.29, 1.82) is 0 Å². The lowest BCUT2D eigenvalue weighted by atomic mass is 10.00. The summed E-state index contributed by atoms with van der Waals surface area (Å²) < 4.78 is 4.79. The summed E-state index contributed by atoms with van der Waals surface area (Å²) >= 11 is 0. The van der Waals surface area contributed by atoms with E-state index >= 15 is 0 Å². The highest BCUT2D eigenvalue weighted by Gasteiger charge is 2.26. The number of esters is 1. The molecule has 0 aliphatic heterocycles. The Morgan fingerprint density at radius 1 is 1.05 bits per heavy atom. The number of carboxylic acid groups (broad SMARTS) is 1. The van der Waals surface area contributed by atoms with Crippen molar-refractivity contribution in [3.05, 3.63) is 35.9 Å². The van der Waals surface area contributed by atoms with Crippen molar-refractivity contribution >= 4 is 11.9 Å². The van der Waals surface area contributed by atoms with Crippen LogP contribution in [0.3, 0.4) is 0 Å². The van der Waals surface area contributed by atoms with Crippen LogP contribution in [0.15, 0.2) is 30.3 Å². The summed E-state index contributed by atoms with van der Waals surface area (Å²) in [5, 5.41) is 9.04. The van der Waals surface area contributed by atoms with Crippen molar-refractivity contribution < 1.29 is 19.4 Å². The molecule has 4 nitrogen and oxygen atoms in total. The molecule has 0 heterocycles. The minimum Gasteiger partial charge on any atom is -0.481 e. The second-order valence-corrected chi connectivity index (χ2v) is 5.43. The van der Waals surface area contributed by atoms with Crippen LogP contribution in [-0.2, 0) is 20.7 Å². The molecule has 1 atom stereocenters. The smallest absolute Gasteiger partial charge is 0.320 e. The Kier molecular flexibility index (Phi) is 8.96.